The molecule has 0 aromatic carbocycles. The zero-order valence-electron chi connectivity index (χ0n) is 20.7. The number of amides is 1. The van der Waals surface area contributed by atoms with E-state index >= 15 is 0 Å². The van der Waals surface area contributed by atoms with Crippen molar-refractivity contribution >= 4 is 17.4 Å². The molecule has 0 aliphatic carbocycles. The van der Waals surface area contributed by atoms with Crippen molar-refractivity contribution < 1.29 is 14.3 Å². The molecule has 2 fully saturated rings. The third kappa shape index (κ3) is 4.79. The summed E-state index contributed by atoms with van der Waals surface area (Å²) in [5.41, 5.74) is 4.08. The number of nitrogens with zero attached hydrogens (tertiary/aromatic N) is 5. The summed E-state index contributed by atoms with van der Waals surface area (Å²) in [5.74, 6) is 1.46. The zero-order chi connectivity index (χ0) is 25.1. The molecule has 5 rings (SSSR count). The van der Waals surface area contributed by atoms with Gasteiger partial charge < -0.3 is 19.7 Å². The van der Waals surface area contributed by atoms with Crippen molar-refractivity contribution in [2.24, 2.45) is 0 Å². The summed E-state index contributed by atoms with van der Waals surface area (Å²) in [7, 11) is 0. The predicted molar refractivity (Wildman–Crippen MR) is 135 cm³/mol. The van der Waals surface area contributed by atoms with Crippen molar-refractivity contribution in [1.82, 2.24) is 19.8 Å². The molecule has 2 aromatic rings. The number of hydrogen-bond acceptors (Lipinski definition) is 8. The molecule has 0 unspecified atom stereocenters. The lowest BCUT2D eigenvalue weighted by Crippen LogP contribution is -2.65. The van der Waals surface area contributed by atoms with E-state index in [2.05, 4.69) is 39.8 Å². The summed E-state index contributed by atoms with van der Waals surface area (Å²) in [6.45, 7) is 10.7. The maximum absolute atomic E-state index is 11.7. The van der Waals surface area contributed by atoms with Gasteiger partial charge >= 0.3 is 0 Å². The number of aryl methyl sites for hydroxylation is 1. The number of carbonyl (C=O) groups excluding carboxylic acids is 1. The molecule has 3 aliphatic heterocycles. The molecule has 1 N–H and O–H groups in total. The van der Waals surface area contributed by atoms with Gasteiger partial charge in [-0.15, -0.1) is 0 Å². The van der Waals surface area contributed by atoms with Crippen LogP contribution in [0.3, 0.4) is 0 Å². The highest BCUT2D eigenvalue weighted by molar-refractivity contribution is 5.87. The lowest BCUT2D eigenvalue weighted by molar-refractivity contribution is -0.134. The van der Waals surface area contributed by atoms with E-state index in [-0.39, 0.29) is 11.8 Å². The Morgan fingerprint density at radius 2 is 2.19 bits per heavy atom. The fourth-order valence-corrected chi connectivity index (χ4v) is 4.99. The number of nitriles is 1. The lowest BCUT2D eigenvalue weighted by atomic mass is 9.91. The van der Waals surface area contributed by atoms with Crippen LogP contribution in [-0.4, -0.2) is 71.1 Å². The van der Waals surface area contributed by atoms with Crippen LogP contribution in [0, 0.1) is 11.3 Å². The molecule has 36 heavy (non-hydrogen) atoms. The van der Waals surface area contributed by atoms with Crippen LogP contribution in [0.1, 0.15) is 48.2 Å². The second-order valence-corrected chi connectivity index (χ2v) is 9.56. The van der Waals surface area contributed by atoms with E-state index in [0.717, 1.165) is 81.4 Å². The Morgan fingerprint density at radius 1 is 1.36 bits per heavy atom. The van der Waals surface area contributed by atoms with Gasteiger partial charge in [-0.1, -0.05) is 13.5 Å². The molecule has 3 aliphatic rings. The molecule has 0 atom stereocenters. The number of hydrogen-bond donors (Lipinski definition) is 1. The average molecular weight is 489 g/mol. The Labute approximate surface area is 211 Å². The van der Waals surface area contributed by atoms with Gasteiger partial charge in [-0.3, -0.25) is 9.69 Å². The summed E-state index contributed by atoms with van der Waals surface area (Å²) in [4.78, 5) is 25.1. The van der Waals surface area contributed by atoms with Crippen molar-refractivity contribution in [3.05, 3.63) is 53.5 Å². The standard InChI is InChI=1S/C27H32N6O3/c1-3-9-35-10-5-6-18-7-8-29-27-21(18)17-36-26-23(31-27)11-22(30-24(26)12-28)19-13-32(14-19)20-15-33(16-20)25(34)4-2/h4,7-8,11,19-20H,2-3,5-6,9-10,13-17H2,1H3,(H,29,31). The summed E-state index contributed by atoms with van der Waals surface area (Å²) < 4.78 is 11.8. The van der Waals surface area contributed by atoms with E-state index < -0.39 is 0 Å². The Balaban J connectivity index is 1.27. The zero-order valence-corrected chi connectivity index (χ0v) is 20.7. The lowest BCUT2D eigenvalue weighted by Gasteiger charge is -2.51. The molecule has 9 nitrogen and oxygen atoms in total. The summed E-state index contributed by atoms with van der Waals surface area (Å²) in [6, 6.07) is 6.63. The molecule has 0 spiro atoms. The summed E-state index contributed by atoms with van der Waals surface area (Å²) in [6.07, 6.45) is 6.00. The number of likely N-dealkylation sites (tertiary alicyclic amines) is 2. The minimum atomic E-state index is -0.0117. The highest BCUT2D eigenvalue weighted by Crippen LogP contribution is 2.39. The molecule has 0 bridgehead atoms. The quantitative estimate of drug-likeness (QED) is 0.424. The van der Waals surface area contributed by atoms with Crippen molar-refractivity contribution in [2.75, 3.05) is 44.7 Å². The number of anilines is 2. The van der Waals surface area contributed by atoms with Gasteiger partial charge in [0.15, 0.2) is 11.4 Å². The molecule has 2 aromatic heterocycles. The van der Waals surface area contributed by atoms with E-state index in [4.69, 9.17) is 9.47 Å². The van der Waals surface area contributed by atoms with Crippen LogP contribution >= 0.6 is 0 Å². The summed E-state index contributed by atoms with van der Waals surface area (Å²) in [5, 5.41) is 13.3. The third-order valence-corrected chi connectivity index (χ3v) is 7.14. The van der Waals surface area contributed by atoms with E-state index in [0.29, 0.717) is 24.1 Å². The molecule has 9 heteroatoms. The van der Waals surface area contributed by atoms with Crippen LogP contribution in [0.25, 0.3) is 0 Å². The smallest absolute Gasteiger partial charge is 0.246 e. The molecular weight excluding hydrogens is 456 g/mol. The van der Waals surface area contributed by atoms with Gasteiger partial charge in [0.2, 0.25) is 5.91 Å². The van der Waals surface area contributed by atoms with Gasteiger partial charge in [-0.25, -0.2) is 9.97 Å². The minimum absolute atomic E-state index is 0.0117. The van der Waals surface area contributed by atoms with Crippen molar-refractivity contribution in [3.8, 4) is 11.8 Å². The van der Waals surface area contributed by atoms with Gasteiger partial charge in [0.25, 0.3) is 0 Å². The molecule has 2 saturated heterocycles. The molecule has 0 radical (unpaired) electrons. The van der Waals surface area contributed by atoms with Crippen molar-refractivity contribution in [3.63, 3.8) is 0 Å². The van der Waals surface area contributed by atoms with Crippen LogP contribution in [-0.2, 0) is 22.6 Å². The number of rotatable bonds is 9. The van der Waals surface area contributed by atoms with Gasteiger partial charge in [0.1, 0.15) is 18.5 Å². The van der Waals surface area contributed by atoms with Crippen molar-refractivity contribution in [2.45, 2.75) is 44.8 Å². The predicted octanol–water partition coefficient (Wildman–Crippen LogP) is 3.14. The van der Waals surface area contributed by atoms with Crippen LogP contribution in [0.4, 0.5) is 11.5 Å². The van der Waals surface area contributed by atoms with Gasteiger partial charge in [-0.2, -0.15) is 5.26 Å². The second-order valence-electron chi connectivity index (χ2n) is 9.56. The normalized spacial score (nSPS) is 17.4. The fraction of sp³-hybridized carbons (Fsp3) is 0.481. The van der Waals surface area contributed by atoms with Gasteiger partial charge in [0.05, 0.1) is 5.69 Å². The topological polar surface area (TPSA) is 104 Å². The second kappa shape index (κ2) is 10.6. The van der Waals surface area contributed by atoms with Gasteiger partial charge in [-0.05, 0) is 43.0 Å². The number of ether oxygens (including phenoxy) is 2. The van der Waals surface area contributed by atoms with E-state index in [1.54, 1.807) is 4.90 Å². The first-order chi connectivity index (χ1) is 17.6. The largest absolute Gasteiger partial charge is 0.483 e. The molecular formula is C27H32N6O3. The highest BCUT2D eigenvalue weighted by Gasteiger charge is 2.41. The number of carbonyl (C=O) groups is 1. The molecule has 188 valence electrons. The fourth-order valence-electron chi connectivity index (χ4n) is 4.99. The Bertz CT molecular complexity index is 1180. The first-order valence-corrected chi connectivity index (χ1v) is 12.7. The Kier molecular flexibility index (Phi) is 7.16. The maximum atomic E-state index is 11.7. The van der Waals surface area contributed by atoms with E-state index in [9.17, 15) is 10.1 Å². The average Bonchev–Trinajstić information content (AvgIpc) is 3.03. The van der Waals surface area contributed by atoms with Crippen molar-refractivity contribution in [1.29, 1.82) is 5.26 Å². The third-order valence-electron chi connectivity index (χ3n) is 7.14. The van der Waals surface area contributed by atoms with Crippen LogP contribution in [0.5, 0.6) is 5.75 Å². The van der Waals surface area contributed by atoms with Crippen LogP contribution in [0.15, 0.2) is 31.0 Å². The number of fused-ring (bicyclic) bond motifs is 2. The summed E-state index contributed by atoms with van der Waals surface area (Å²) >= 11 is 0. The van der Waals surface area contributed by atoms with Gasteiger partial charge in [0, 0.05) is 68.8 Å². The Hall–Kier alpha value is -3.48. The molecule has 0 saturated carbocycles. The molecule has 1 amide bonds. The first-order valence-electron chi connectivity index (χ1n) is 12.7. The SMILES string of the molecule is C=CC(=O)N1CC(N2CC(c3cc4c(c(C#N)n3)OCc3c(CCCOCCC)ccnc3N4)C2)C1. The van der Waals surface area contributed by atoms with Crippen LogP contribution < -0.4 is 10.1 Å². The number of aromatic nitrogens is 2. The highest BCUT2D eigenvalue weighted by atomic mass is 16.5. The molecule has 5 heterocycles. The number of pyridine rings is 2. The minimum Gasteiger partial charge on any atom is -0.483 e. The number of nitrogens with one attached hydrogen (secondary N) is 1. The van der Waals surface area contributed by atoms with E-state index in [1.165, 1.54) is 11.6 Å². The maximum Gasteiger partial charge on any atom is 0.246 e. The van der Waals surface area contributed by atoms with Crippen LogP contribution in [0.2, 0.25) is 0 Å². The van der Waals surface area contributed by atoms with E-state index in [1.807, 2.05) is 18.3 Å². The first kappa shape index (κ1) is 24.2. The Morgan fingerprint density at radius 3 is 2.94 bits per heavy atom. The monoisotopic (exact) mass is 488 g/mol.